The summed E-state index contributed by atoms with van der Waals surface area (Å²) in [5.74, 6) is -5.37. The second-order valence-electron chi connectivity index (χ2n) is 20.1. The molecule has 17 heteroatoms. The number of nitrogens with zero attached hydrogens (tertiary/aromatic N) is 1. The molecule has 2 aromatic rings. The summed E-state index contributed by atoms with van der Waals surface area (Å²) in [5.41, 5.74) is 0.289. The fourth-order valence-corrected chi connectivity index (χ4v) is 7.96. The molecule has 5 N–H and O–H groups in total. The van der Waals surface area contributed by atoms with Crippen LogP contribution in [0.25, 0.3) is 11.1 Å². The molecule has 0 aromatic heterocycles. The minimum absolute atomic E-state index is 0.00579. The van der Waals surface area contributed by atoms with E-state index in [1.54, 1.807) is 77.9 Å². The quantitative estimate of drug-likeness (QED) is 0.0493. The van der Waals surface area contributed by atoms with Crippen molar-refractivity contribution in [2.45, 2.75) is 169 Å². The van der Waals surface area contributed by atoms with Gasteiger partial charge >= 0.3 is 18.2 Å². The molecule has 0 saturated heterocycles. The highest BCUT2D eigenvalue weighted by Crippen LogP contribution is 2.41. The summed E-state index contributed by atoms with van der Waals surface area (Å²) in [6, 6.07) is 7.40. The Morgan fingerprint density at radius 3 is 1.86 bits per heavy atom. The van der Waals surface area contributed by atoms with Crippen molar-refractivity contribution in [2.75, 3.05) is 39.9 Å². The molecule has 17 nitrogen and oxygen atoms in total. The number of carbonyl (C=O) groups excluding carboxylic acids is 6. The lowest BCUT2D eigenvalue weighted by Crippen LogP contribution is -2.47. The zero-order chi connectivity index (χ0) is 52.0. The Morgan fingerprint density at radius 1 is 0.714 bits per heavy atom. The molecule has 0 radical (unpaired) electrons. The second-order valence-corrected chi connectivity index (χ2v) is 20.1. The Hall–Kier alpha value is -5.87. The number of fused-ring (bicyclic) bond motifs is 5. The van der Waals surface area contributed by atoms with E-state index in [1.165, 1.54) is 51.0 Å². The van der Waals surface area contributed by atoms with Crippen molar-refractivity contribution in [3.05, 3.63) is 47.5 Å². The maximum absolute atomic E-state index is 14.9. The van der Waals surface area contributed by atoms with Gasteiger partial charge in [0.15, 0.2) is 5.78 Å². The van der Waals surface area contributed by atoms with Crippen molar-refractivity contribution >= 4 is 41.7 Å². The molecule has 4 bridgehead atoms. The molecule has 1 aliphatic rings. The largest absolute Gasteiger partial charge is 0.493 e. The SMILES string of the molecule is CCCCCCCCCCCNC(=O)C(CCNC(=O)OC(C)(C)C)C(=O)N(C)[C@@H]1C(=O)C[C@@H](C)C(=O)N[C@H](C(=O)O)Cc2ccc(OCCNC(=O)OC(C)(C)C)c(c2)-c2cc1ccc2OCCC. The normalized spacial score (nSPS) is 16.7. The number of unbranched alkanes of at least 4 members (excludes halogenated alkanes) is 8. The minimum atomic E-state index is -1.36. The minimum Gasteiger partial charge on any atom is -0.493 e. The highest BCUT2D eigenvalue weighted by atomic mass is 16.6. The molecule has 4 atom stereocenters. The first kappa shape index (κ1) is 58.4. The van der Waals surface area contributed by atoms with Gasteiger partial charge in [-0.3, -0.25) is 19.2 Å². The van der Waals surface area contributed by atoms with Crippen LogP contribution in [0, 0.1) is 11.8 Å². The van der Waals surface area contributed by atoms with Crippen LogP contribution in [0.5, 0.6) is 11.5 Å². The van der Waals surface area contributed by atoms with Gasteiger partial charge in [-0.2, -0.15) is 0 Å². The third-order valence-corrected chi connectivity index (χ3v) is 11.5. The number of carboxylic acid groups (broad SMARTS) is 1. The van der Waals surface area contributed by atoms with Gasteiger partial charge in [0, 0.05) is 50.0 Å². The average Bonchev–Trinajstić information content (AvgIpc) is 3.27. The van der Waals surface area contributed by atoms with Gasteiger partial charge in [0.05, 0.1) is 13.2 Å². The van der Waals surface area contributed by atoms with E-state index in [-0.39, 0.29) is 39.0 Å². The number of hydrogen-bond donors (Lipinski definition) is 5. The van der Waals surface area contributed by atoms with Crippen molar-refractivity contribution in [1.29, 1.82) is 0 Å². The van der Waals surface area contributed by atoms with Gasteiger partial charge in [-0.25, -0.2) is 14.4 Å². The maximum Gasteiger partial charge on any atom is 0.407 e. The van der Waals surface area contributed by atoms with Crippen LogP contribution in [0.3, 0.4) is 0 Å². The molecular formula is C53H81N5O12. The highest BCUT2D eigenvalue weighted by molar-refractivity contribution is 6.02. The zero-order valence-corrected chi connectivity index (χ0v) is 43.4. The first-order chi connectivity index (χ1) is 33.0. The van der Waals surface area contributed by atoms with Crippen LogP contribution in [0.4, 0.5) is 9.59 Å². The smallest absolute Gasteiger partial charge is 0.407 e. The number of nitrogens with one attached hydrogen (secondary N) is 4. The fourth-order valence-electron chi connectivity index (χ4n) is 7.96. The number of aliphatic carboxylic acids is 1. The summed E-state index contributed by atoms with van der Waals surface area (Å²) in [6.45, 7) is 16.7. The Kier molecular flexibility index (Phi) is 24.0. The second kappa shape index (κ2) is 28.7. The maximum atomic E-state index is 14.9. The number of rotatable bonds is 24. The van der Waals surface area contributed by atoms with E-state index >= 15 is 0 Å². The van der Waals surface area contributed by atoms with Gasteiger partial charge in [0.2, 0.25) is 17.7 Å². The van der Waals surface area contributed by atoms with Crippen LogP contribution in [-0.2, 0) is 39.9 Å². The van der Waals surface area contributed by atoms with Crippen LogP contribution < -0.4 is 30.7 Å². The number of ether oxygens (including phenoxy) is 4. The number of Topliss-reactive ketones (excluding diaryl/α,β-unsaturated/α-hetero) is 1. The summed E-state index contributed by atoms with van der Waals surface area (Å²) in [5, 5.41) is 21.1. The van der Waals surface area contributed by atoms with Crippen LogP contribution in [0.15, 0.2) is 36.4 Å². The number of benzene rings is 2. The van der Waals surface area contributed by atoms with Gasteiger partial charge in [0.1, 0.15) is 47.3 Å². The number of carboxylic acids is 1. The first-order valence-electron chi connectivity index (χ1n) is 25.1. The molecule has 5 amide bonds. The number of alkyl carbamates (subject to hydrolysis) is 2. The summed E-state index contributed by atoms with van der Waals surface area (Å²) in [4.78, 5) is 96.2. The van der Waals surface area contributed by atoms with E-state index in [1.807, 2.05) is 6.92 Å². The predicted octanol–water partition coefficient (Wildman–Crippen LogP) is 8.44. The molecule has 70 heavy (non-hydrogen) atoms. The molecule has 3 rings (SSSR count). The van der Waals surface area contributed by atoms with Crippen LogP contribution in [-0.4, -0.2) is 109 Å². The van der Waals surface area contributed by atoms with E-state index < -0.39 is 76.8 Å². The van der Waals surface area contributed by atoms with E-state index in [0.717, 1.165) is 19.3 Å². The standard InChI is InChI=1S/C53H81N5O12/c1-11-13-14-15-16-17-18-19-20-26-54-47(61)38(25-27-55-50(65)69-52(4,5)6)48(62)58(10)45-37-22-24-44(67-29-12-2)40(34-37)39-32-36(33-41(49(63)64)57-46(60)35(3)31-42(45)59)21-23-43(39)68-30-28-56-51(66)70-53(7,8)9/h21-24,32,34-35,38,41,45H,11-20,25-31,33H2,1-10H3,(H,54,61)(H,55,65)(H,56,66)(H,57,60)(H,63,64)/t35-,38?,41+,45+/m1/s1. The third kappa shape index (κ3) is 20.2. The molecule has 0 spiro atoms. The van der Waals surface area contributed by atoms with Crippen molar-refractivity contribution in [1.82, 2.24) is 26.2 Å². The molecule has 0 saturated carbocycles. The molecule has 1 aliphatic heterocycles. The summed E-state index contributed by atoms with van der Waals surface area (Å²) < 4.78 is 23.3. The monoisotopic (exact) mass is 980 g/mol. The van der Waals surface area contributed by atoms with Gasteiger partial charge < -0.3 is 50.2 Å². The number of ketones is 1. The average molecular weight is 980 g/mol. The zero-order valence-electron chi connectivity index (χ0n) is 43.4. The Balaban J connectivity index is 2.11. The van der Waals surface area contributed by atoms with Gasteiger partial charge in [-0.05, 0) is 96.2 Å². The van der Waals surface area contributed by atoms with E-state index in [9.17, 15) is 38.7 Å². The number of carbonyl (C=O) groups is 7. The lowest BCUT2D eigenvalue weighted by atomic mass is 9.89. The fraction of sp³-hybridized carbons (Fsp3) is 0.642. The molecule has 2 aromatic carbocycles. The first-order valence-corrected chi connectivity index (χ1v) is 25.1. The Morgan fingerprint density at radius 2 is 1.27 bits per heavy atom. The van der Waals surface area contributed by atoms with Crippen molar-refractivity contribution in [3.8, 4) is 22.6 Å². The van der Waals surface area contributed by atoms with E-state index in [2.05, 4.69) is 28.2 Å². The summed E-state index contributed by atoms with van der Waals surface area (Å²) in [7, 11) is 1.43. The number of likely N-dealkylation sites (N-methyl/N-ethyl adjacent to an activating group) is 1. The van der Waals surface area contributed by atoms with Gasteiger partial charge in [-0.1, -0.05) is 84.3 Å². The third-order valence-electron chi connectivity index (χ3n) is 11.5. The molecule has 1 heterocycles. The topological polar surface area (TPSA) is 228 Å². The Bertz CT molecular complexity index is 2060. The predicted molar refractivity (Wildman–Crippen MR) is 268 cm³/mol. The molecule has 0 fully saturated rings. The Labute approximate surface area is 415 Å². The van der Waals surface area contributed by atoms with Gasteiger partial charge in [0.25, 0.3) is 0 Å². The van der Waals surface area contributed by atoms with Crippen molar-refractivity contribution in [2.24, 2.45) is 11.8 Å². The summed E-state index contributed by atoms with van der Waals surface area (Å²) >= 11 is 0. The summed E-state index contributed by atoms with van der Waals surface area (Å²) in [6.07, 6.45) is 8.48. The highest BCUT2D eigenvalue weighted by Gasteiger charge is 2.38. The molecular weight excluding hydrogens is 899 g/mol. The lowest BCUT2D eigenvalue weighted by molar-refractivity contribution is -0.147. The molecule has 1 unspecified atom stereocenters. The van der Waals surface area contributed by atoms with Gasteiger partial charge in [-0.15, -0.1) is 0 Å². The number of hydrogen-bond acceptors (Lipinski definition) is 11. The lowest BCUT2D eigenvalue weighted by Gasteiger charge is -2.32. The van der Waals surface area contributed by atoms with Crippen molar-refractivity contribution < 1.29 is 57.6 Å². The van der Waals surface area contributed by atoms with E-state index in [4.69, 9.17) is 18.9 Å². The molecule has 390 valence electrons. The number of amides is 5. The van der Waals surface area contributed by atoms with Crippen LogP contribution >= 0.6 is 0 Å². The van der Waals surface area contributed by atoms with Crippen LogP contribution in [0.1, 0.15) is 157 Å². The van der Waals surface area contributed by atoms with Crippen LogP contribution in [0.2, 0.25) is 0 Å². The van der Waals surface area contributed by atoms with Crippen molar-refractivity contribution in [3.63, 3.8) is 0 Å². The molecule has 0 aliphatic carbocycles. The van der Waals surface area contributed by atoms with E-state index in [0.29, 0.717) is 59.7 Å².